The van der Waals surface area contributed by atoms with Gasteiger partial charge in [0.1, 0.15) is 11.2 Å². The average molecular weight is 638 g/mol. The van der Waals surface area contributed by atoms with Crippen molar-refractivity contribution >= 4 is 21.9 Å². The first-order valence-electron chi connectivity index (χ1n) is 20.5. The number of hydrogen-bond acceptors (Lipinski definition) is 4. The van der Waals surface area contributed by atoms with Crippen molar-refractivity contribution in [3.8, 4) is 67.5 Å². The number of aromatic nitrogens is 3. The van der Waals surface area contributed by atoms with E-state index in [-0.39, 0.29) is 28.6 Å². The Bertz CT molecular complexity index is 3010. The van der Waals surface area contributed by atoms with Gasteiger partial charge in [-0.05, 0) is 57.6 Å². The third-order valence-electron chi connectivity index (χ3n) is 8.36. The highest BCUT2D eigenvalue weighted by molar-refractivity contribution is 6.07. The van der Waals surface area contributed by atoms with Crippen LogP contribution < -0.4 is 0 Å². The first-order valence-corrected chi connectivity index (χ1v) is 15.5. The molecule has 230 valence electrons. The highest BCUT2D eigenvalue weighted by Gasteiger charge is 2.15. The van der Waals surface area contributed by atoms with Gasteiger partial charge < -0.3 is 4.42 Å². The lowest BCUT2D eigenvalue weighted by Gasteiger charge is -2.08. The first kappa shape index (κ1) is 19.9. The van der Waals surface area contributed by atoms with Crippen LogP contribution in [0, 0.1) is 0 Å². The van der Waals surface area contributed by atoms with Gasteiger partial charge >= 0.3 is 0 Å². The molecular weight excluding hydrogens is 599 g/mol. The number of benzene rings is 7. The zero-order chi connectivity index (χ0) is 41.3. The molecule has 0 saturated heterocycles. The molecule has 0 aliphatic rings. The van der Waals surface area contributed by atoms with Gasteiger partial charge in [0, 0.05) is 27.5 Å². The van der Waals surface area contributed by atoms with E-state index in [1.807, 2.05) is 36.4 Å². The van der Waals surface area contributed by atoms with E-state index in [0.717, 1.165) is 38.6 Å². The number of rotatable bonds is 6. The van der Waals surface area contributed by atoms with Crippen LogP contribution in [0.5, 0.6) is 0 Å². The largest absolute Gasteiger partial charge is 0.456 e. The van der Waals surface area contributed by atoms with Crippen molar-refractivity contribution in [1.29, 1.82) is 0 Å². The maximum absolute atomic E-state index is 8.59. The van der Waals surface area contributed by atoms with Crippen molar-refractivity contribution in [2.24, 2.45) is 0 Å². The minimum Gasteiger partial charge on any atom is -0.456 e. The molecule has 7 aromatic carbocycles. The molecule has 0 N–H and O–H groups in total. The predicted octanol–water partition coefficient (Wildman–Crippen LogP) is 11.8. The van der Waals surface area contributed by atoms with Crippen LogP contribution in [0.25, 0.3) is 89.5 Å². The van der Waals surface area contributed by atoms with E-state index in [1.54, 1.807) is 12.1 Å². The number of hydrogen-bond donors (Lipinski definition) is 0. The van der Waals surface area contributed by atoms with Crippen molar-refractivity contribution in [1.82, 2.24) is 15.0 Å². The molecule has 2 aromatic heterocycles. The van der Waals surface area contributed by atoms with Gasteiger partial charge in [0.05, 0.1) is 13.7 Å². The molecule has 0 amide bonds. The zero-order valence-electron chi connectivity index (χ0n) is 35.7. The van der Waals surface area contributed by atoms with E-state index < -0.39 is 60.4 Å². The fraction of sp³-hybridized carbons (Fsp3) is 0. The predicted molar refractivity (Wildman–Crippen MR) is 200 cm³/mol. The molecule has 9 aromatic rings. The number of furan rings is 1. The second-order valence-electron chi connectivity index (χ2n) is 11.4. The van der Waals surface area contributed by atoms with Gasteiger partial charge in [0.2, 0.25) is 0 Å². The highest BCUT2D eigenvalue weighted by Crippen LogP contribution is 2.36. The van der Waals surface area contributed by atoms with Crippen LogP contribution in [-0.4, -0.2) is 15.0 Å². The standard InChI is InChI=1S/C45H29N3O/c1-4-10-30(11-5-1)31-16-18-32(19-17-31)33-20-22-34(23-21-33)37-25-27-41-40(28-37)39-26-24-38(29-42(39)49-41)45-47-43(35-12-6-2-7-13-35)46-44(48-45)36-14-8-3-9-15-36/h1-29H/i2D,3D,6D,7D,8D,9D,12D,13D,14D,15D. The van der Waals surface area contributed by atoms with E-state index >= 15 is 0 Å². The van der Waals surface area contributed by atoms with Gasteiger partial charge in [0.15, 0.2) is 17.5 Å². The minimum absolute atomic E-state index is 0.0403. The summed E-state index contributed by atoms with van der Waals surface area (Å²) in [5.41, 5.74) is 7.37. The van der Waals surface area contributed by atoms with Gasteiger partial charge in [-0.1, -0.05) is 151 Å². The molecule has 0 bridgehead atoms. The highest BCUT2D eigenvalue weighted by atomic mass is 16.3. The Morgan fingerprint density at radius 3 is 1.35 bits per heavy atom. The maximum atomic E-state index is 8.59. The summed E-state index contributed by atoms with van der Waals surface area (Å²) in [4.78, 5) is 13.4. The Morgan fingerprint density at radius 1 is 0.347 bits per heavy atom. The van der Waals surface area contributed by atoms with E-state index in [0.29, 0.717) is 16.7 Å². The smallest absolute Gasteiger partial charge is 0.164 e. The van der Waals surface area contributed by atoms with Gasteiger partial charge in [-0.2, -0.15) is 0 Å². The van der Waals surface area contributed by atoms with Crippen LogP contribution in [0.2, 0.25) is 0 Å². The Labute approximate surface area is 298 Å². The van der Waals surface area contributed by atoms with Crippen molar-refractivity contribution in [3.05, 3.63) is 176 Å². The summed E-state index contributed by atoms with van der Waals surface area (Å²) in [5.74, 6) is -0.710. The van der Waals surface area contributed by atoms with Crippen LogP contribution >= 0.6 is 0 Å². The second-order valence-corrected chi connectivity index (χ2v) is 11.4. The van der Waals surface area contributed by atoms with E-state index in [4.69, 9.17) is 18.1 Å². The summed E-state index contributed by atoms with van der Waals surface area (Å²) in [6.45, 7) is 0. The SMILES string of the molecule is [2H]c1c([2H])c([2H])c(-c2nc(-c3ccc4c(c3)oc3ccc(-c5ccc(-c6ccc(-c7ccccc7)cc6)cc5)cc34)nc(-c3c([2H])c([2H])c([2H])c([2H])c3[2H])n2)c([2H])c1[2H]. The number of fused-ring (bicyclic) bond motifs is 3. The molecule has 4 nitrogen and oxygen atoms in total. The summed E-state index contributed by atoms with van der Waals surface area (Å²) >= 11 is 0. The molecule has 0 radical (unpaired) electrons. The quantitative estimate of drug-likeness (QED) is 0.182. The Kier molecular flexibility index (Phi) is 4.94. The fourth-order valence-electron chi connectivity index (χ4n) is 5.89. The topological polar surface area (TPSA) is 51.8 Å². The van der Waals surface area contributed by atoms with Crippen LogP contribution in [-0.2, 0) is 0 Å². The maximum Gasteiger partial charge on any atom is 0.164 e. The average Bonchev–Trinajstić information content (AvgIpc) is 3.64. The van der Waals surface area contributed by atoms with Crippen molar-refractivity contribution in [3.63, 3.8) is 0 Å². The molecule has 0 saturated carbocycles. The Balaban J connectivity index is 1.11. The molecule has 0 aliphatic heterocycles. The zero-order valence-corrected chi connectivity index (χ0v) is 25.7. The van der Waals surface area contributed by atoms with Crippen LogP contribution in [0.1, 0.15) is 13.7 Å². The van der Waals surface area contributed by atoms with Gasteiger partial charge in [-0.15, -0.1) is 0 Å². The third-order valence-corrected chi connectivity index (χ3v) is 8.36. The lowest BCUT2D eigenvalue weighted by atomic mass is 9.97. The van der Waals surface area contributed by atoms with Crippen LogP contribution in [0.15, 0.2) is 180 Å². The summed E-state index contributed by atoms with van der Waals surface area (Å²) in [6.07, 6.45) is 0. The first-order chi connectivity index (χ1) is 28.4. The van der Waals surface area contributed by atoms with Gasteiger partial charge in [-0.3, -0.25) is 0 Å². The van der Waals surface area contributed by atoms with Crippen molar-refractivity contribution < 1.29 is 18.1 Å². The molecule has 0 atom stereocenters. The normalized spacial score (nSPS) is 14.1. The molecular formula is C45H29N3O. The van der Waals surface area contributed by atoms with E-state index in [2.05, 4.69) is 81.7 Å². The number of nitrogens with zero attached hydrogens (tertiary/aromatic N) is 3. The Morgan fingerprint density at radius 2 is 0.796 bits per heavy atom. The van der Waals surface area contributed by atoms with E-state index in [1.165, 1.54) is 5.56 Å². The van der Waals surface area contributed by atoms with Crippen molar-refractivity contribution in [2.45, 2.75) is 0 Å². The molecule has 2 heterocycles. The second kappa shape index (κ2) is 12.2. The van der Waals surface area contributed by atoms with Gasteiger partial charge in [0.25, 0.3) is 0 Å². The monoisotopic (exact) mass is 637 g/mol. The molecule has 9 rings (SSSR count). The summed E-state index contributed by atoms with van der Waals surface area (Å²) < 4.78 is 89.7. The molecule has 49 heavy (non-hydrogen) atoms. The van der Waals surface area contributed by atoms with Crippen LogP contribution in [0.4, 0.5) is 0 Å². The Hall–Kier alpha value is -6.65. The molecule has 0 fully saturated rings. The third kappa shape index (κ3) is 5.56. The van der Waals surface area contributed by atoms with Crippen molar-refractivity contribution in [2.75, 3.05) is 0 Å². The molecule has 4 heteroatoms. The van der Waals surface area contributed by atoms with Gasteiger partial charge in [-0.25, -0.2) is 15.0 Å². The summed E-state index contributed by atoms with van der Waals surface area (Å²) in [5, 5.41) is 1.66. The van der Waals surface area contributed by atoms with Crippen LogP contribution in [0.3, 0.4) is 0 Å². The molecule has 0 spiro atoms. The summed E-state index contributed by atoms with van der Waals surface area (Å²) in [6, 6.07) is 32.4. The molecule has 0 aliphatic carbocycles. The minimum atomic E-state index is -0.611. The van der Waals surface area contributed by atoms with E-state index in [9.17, 15) is 0 Å². The lowest BCUT2D eigenvalue weighted by molar-refractivity contribution is 0.669. The summed E-state index contributed by atoms with van der Waals surface area (Å²) in [7, 11) is 0. The fourth-order valence-corrected chi connectivity index (χ4v) is 5.89. The molecule has 0 unspecified atom stereocenters. The lowest BCUT2D eigenvalue weighted by Crippen LogP contribution is -2.00.